The molecule has 9 aromatic carbocycles. The summed E-state index contributed by atoms with van der Waals surface area (Å²) in [5.41, 5.74) is 11.4. The molecule has 0 aliphatic rings. The van der Waals surface area contributed by atoms with Gasteiger partial charge in [0.1, 0.15) is 22.3 Å². The van der Waals surface area contributed by atoms with Gasteiger partial charge >= 0.3 is 0 Å². The van der Waals surface area contributed by atoms with Crippen molar-refractivity contribution in [2.45, 2.75) is 0 Å². The van der Waals surface area contributed by atoms with Gasteiger partial charge in [-0.05, 0) is 58.3 Å². The molecule has 0 unspecified atom stereocenters. The van der Waals surface area contributed by atoms with Crippen molar-refractivity contribution in [1.29, 1.82) is 0 Å². The van der Waals surface area contributed by atoms with Gasteiger partial charge in [0.2, 0.25) is 5.95 Å². The van der Waals surface area contributed by atoms with Crippen LogP contribution in [0, 0.1) is 0 Å². The van der Waals surface area contributed by atoms with Crippen molar-refractivity contribution in [3.63, 3.8) is 0 Å². The van der Waals surface area contributed by atoms with Crippen LogP contribution in [0.5, 0.6) is 0 Å². The predicted molar refractivity (Wildman–Crippen MR) is 248 cm³/mol. The Morgan fingerprint density at radius 2 is 0.967 bits per heavy atom. The second kappa shape index (κ2) is 13.1. The van der Waals surface area contributed by atoms with Gasteiger partial charge < -0.3 is 8.83 Å². The standard InChI is InChI=1S/C55H32N4O2/c1-2-14-34(15-3-1)53-56-54(37-27-29-43-41-19-6-8-25-47(41)60-49(43)32-37)58-55(57-53)59-46-30-28-33-13-4-5-18-38(33)50(46)45-24-11-21-39(51(45)59)35-16-10-17-36(31-35)40-22-12-23-44-42-20-7-9-26-48(42)61-52(40)44/h1-32H. The molecule has 0 saturated heterocycles. The molecule has 61 heavy (non-hydrogen) atoms. The van der Waals surface area contributed by atoms with Crippen molar-refractivity contribution in [2.24, 2.45) is 0 Å². The van der Waals surface area contributed by atoms with E-state index in [1.807, 2.05) is 66.7 Å². The van der Waals surface area contributed by atoms with Crippen LogP contribution in [-0.2, 0) is 0 Å². The van der Waals surface area contributed by atoms with E-state index in [1.165, 1.54) is 10.8 Å². The summed E-state index contributed by atoms with van der Waals surface area (Å²) < 4.78 is 15.1. The first kappa shape index (κ1) is 33.6. The Balaban J connectivity index is 1.08. The normalized spacial score (nSPS) is 11.9. The van der Waals surface area contributed by atoms with E-state index in [0.29, 0.717) is 17.6 Å². The van der Waals surface area contributed by atoms with E-state index >= 15 is 0 Å². The average molecular weight is 781 g/mol. The van der Waals surface area contributed by atoms with Gasteiger partial charge in [-0.3, -0.25) is 4.57 Å². The molecule has 0 fully saturated rings. The van der Waals surface area contributed by atoms with Crippen molar-refractivity contribution >= 4 is 76.5 Å². The number of nitrogens with zero attached hydrogens (tertiary/aromatic N) is 4. The van der Waals surface area contributed by atoms with Crippen LogP contribution in [0.25, 0.3) is 127 Å². The van der Waals surface area contributed by atoms with Gasteiger partial charge in [0.05, 0.1) is 11.0 Å². The number of hydrogen-bond donors (Lipinski definition) is 0. The quantitative estimate of drug-likeness (QED) is 0.174. The number of aromatic nitrogens is 4. The largest absolute Gasteiger partial charge is 0.456 e. The van der Waals surface area contributed by atoms with Crippen molar-refractivity contribution in [3.8, 4) is 51.0 Å². The van der Waals surface area contributed by atoms with Crippen molar-refractivity contribution in [2.75, 3.05) is 0 Å². The van der Waals surface area contributed by atoms with E-state index < -0.39 is 0 Å². The van der Waals surface area contributed by atoms with Crippen LogP contribution in [0.2, 0.25) is 0 Å². The van der Waals surface area contributed by atoms with E-state index in [2.05, 4.69) is 132 Å². The molecule has 0 spiro atoms. The molecule has 0 bridgehead atoms. The molecular formula is C55H32N4O2. The minimum atomic E-state index is 0.527. The van der Waals surface area contributed by atoms with Crippen molar-refractivity contribution in [3.05, 3.63) is 194 Å². The first-order chi connectivity index (χ1) is 30.2. The summed E-state index contributed by atoms with van der Waals surface area (Å²) in [5.74, 6) is 1.67. The summed E-state index contributed by atoms with van der Waals surface area (Å²) in [4.78, 5) is 15.8. The van der Waals surface area contributed by atoms with Gasteiger partial charge in [0, 0.05) is 54.6 Å². The Labute approximate surface area is 348 Å². The Morgan fingerprint density at radius 1 is 0.361 bits per heavy atom. The molecule has 0 amide bonds. The maximum Gasteiger partial charge on any atom is 0.238 e. The van der Waals surface area contributed by atoms with E-state index in [4.69, 9.17) is 23.8 Å². The first-order valence-corrected chi connectivity index (χ1v) is 20.4. The van der Waals surface area contributed by atoms with Gasteiger partial charge in [0.25, 0.3) is 0 Å². The van der Waals surface area contributed by atoms with Crippen LogP contribution in [-0.4, -0.2) is 19.5 Å². The molecule has 0 saturated carbocycles. The van der Waals surface area contributed by atoms with E-state index in [-0.39, 0.29) is 0 Å². The topological polar surface area (TPSA) is 69.9 Å². The maximum atomic E-state index is 6.51. The summed E-state index contributed by atoms with van der Waals surface area (Å²) in [6.07, 6.45) is 0. The highest BCUT2D eigenvalue weighted by Crippen LogP contribution is 2.43. The molecule has 4 heterocycles. The number of hydrogen-bond acceptors (Lipinski definition) is 5. The Morgan fingerprint density at radius 3 is 1.80 bits per heavy atom. The third-order valence-corrected chi connectivity index (χ3v) is 12.1. The minimum Gasteiger partial charge on any atom is -0.456 e. The summed E-state index contributed by atoms with van der Waals surface area (Å²) in [7, 11) is 0. The van der Waals surface area contributed by atoms with Crippen LogP contribution < -0.4 is 0 Å². The first-order valence-electron chi connectivity index (χ1n) is 20.4. The molecule has 13 aromatic rings. The van der Waals surface area contributed by atoms with Crippen molar-refractivity contribution < 1.29 is 8.83 Å². The Bertz CT molecular complexity index is 3900. The van der Waals surface area contributed by atoms with Crippen LogP contribution >= 0.6 is 0 Å². The number of rotatable bonds is 5. The van der Waals surface area contributed by atoms with Crippen LogP contribution in [0.1, 0.15) is 0 Å². The number of fused-ring (bicyclic) bond motifs is 11. The third-order valence-electron chi connectivity index (χ3n) is 12.1. The van der Waals surface area contributed by atoms with Gasteiger partial charge in [-0.25, -0.2) is 4.98 Å². The van der Waals surface area contributed by atoms with Crippen LogP contribution in [0.15, 0.2) is 203 Å². The monoisotopic (exact) mass is 780 g/mol. The van der Waals surface area contributed by atoms with Gasteiger partial charge in [-0.1, -0.05) is 158 Å². The summed E-state index contributed by atoms with van der Waals surface area (Å²) >= 11 is 0. The third kappa shape index (κ3) is 5.19. The minimum absolute atomic E-state index is 0.527. The lowest BCUT2D eigenvalue weighted by Gasteiger charge is -2.13. The fourth-order valence-corrected chi connectivity index (χ4v) is 9.28. The van der Waals surface area contributed by atoms with Gasteiger partial charge in [0.15, 0.2) is 11.6 Å². The zero-order valence-electron chi connectivity index (χ0n) is 32.6. The molecule has 6 nitrogen and oxygen atoms in total. The second-order valence-corrected chi connectivity index (χ2v) is 15.5. The lowest BCUT2D eigenvalue weighted by Crippen LogP contribution is -2.07. The van der Waals surface area contributed by atoms with E-state index in [0.717, 1.165) is 99.1 Å². The highest BCUT2D eigenvalue weighted by molar-refractivity contribution is 6.23. The fraction of sp³-hybridized carbons (Fsp3) is 0. The van der Waals surface area contributed by atoms with E-state index in [9.17, 15) is 0 Å². The average Bonchev–Trinajstić information content (AvgIpc) is 4.01. The second-order valence-electron chi connectivity index (χ2n) is 15.5. The highest BCUT2D eigenvalue weighted by Gasteiger charge is 2.23. The number of furan rings is 2. The van der Waals surface area contributed by atoms with E-state index in [1.54, 1.807) is 0 Å². The molecule has 13 rings (SSSR count). The number of para-hydroxylation sites is 4. The molecule has 6 heteroatoms. The Kier molecular flexibility index (Phi) is 7.21. The molecule has 4 aromatic heterocycles. The molecule has 0 radical (unpaired) electrons. The van der Waals surface area contributed by atoms with Gasteiger partial charge in [-0.2, -0.15) is 9.97 Å². The Hall–Kier alpha value is -8.35. The zero-order valence-corrected chi connectivity index (χ0v) is 32.6. The SMILES string of the molecule is c1ccc(-c2nc(-c3ccc4c(c3)oc3ccccc34)nc(-n3c4ccc5ccccc5c4c4cccc(-c5cccc(-c6cccc7c6oc6ccccc67)c5)c43)n2)cc1. The summed E-state index contributed by atoms with van der Waals surface area (Å²) in [6.45, 7) is 0. The molecule has 284 valence electrons. The molecule has 0 aliphatic heterocycles. The fourth-order valence-electron chi connectivity index (χ4n) is 9.28. The van der Waals surface area contributed by atoms with Gasteiger partial charge in [-0.15, -0.1) is 0 Å². The number of benzene rings is 9. The summed E-state index contributed by atoms with van der Waals surface area (Å²) in [5, 5.41) is 8.93. The van der Waals surface area contributed by atoms with Crippen LogP contribution in [0.3, 0.4) is 0 Å². The maximum absolute atomic E-state index is 6.51. The summed E-state index contributed by atoms with van der Waals surface area (Å²) in [6, 6.07) is 67.4. The lowest BCUT2D eigenvalue weighted by atomic mass is 9.96. The predicted octanol–water partition coefficient (Wildman–Crippen LogP) is 14.6. The zero-order chi connectivity index (χ0) is 40.0. The van der Waals surface area contributed by atoms with Crippen LogP contribution in [0.4, 0.5) is 0 Å². The molecule has 0 N–H and O–H groups in total. The lowest BCUT2D eigenvalue weighted by molar-refractivity contribution is 0.669. The molecule has 0 atom stereocenters. The smallest absolute Gasteiger partial charge is 0.238 e. The molecular weight excluding hydrogens is 749 g/mol. The van der Waals surface area contributed by atoms with Crippen molar-refractivity contribution in [1.82, 2.24) is 19.5 Å². The highest BCUT2D eigenvalue weighted by atomic mass is 16.3. The molecule has 0 aliphatic carbocycles.